The summed E-state index contributed by atoms with van der Waals surface area (Å²) in [7, 11) is 1.63. The zero-order valence-electron chi connectivity index (χ0n) is 14.0. The lowest BCUT2D eigenvalue weighted by atomic mass is 9.76. The van der Waals surface area contributed by atoms with Crippen molar-refractivity contribution in [3.63, 3.8) is 0 Å². The van der Waals surface area contributed by atoms with E-state index in [1.54, 1.807) is 12.0 Å². The fourth-order valence-corrected chi connectivity index (χ4v) is 3.98. The minimum Gasteiger partial charge on any atom is -0.481 e. The fourth-order valence-electron chi connectivity index (χ4n) is 3.98. The van der Waals surface area contributed by atoms with Crippen LogP contribution in [0, 0.1) is 17.8 Å². The van der Waals surface area contributed by atoms with E-state index >= 15 is 0 Å². The van der Waals surface area contributed by atoms with Gasteiger partial charge in [-0.2, -0.15) is 0 Å². The summed E-state index contributed by atoms with van der Waals surface area (Å²) in [6, 6.07) is -0.210. The minimum atomic E-state index is -0.844. The van der Waals surface area contributed by atoms with Gasteiger partial charge in [-0.05, 0) is 43.9 Å². The second kappa shape index (κ2) is 7.44. The third-order valence-electron chi connectivity index (χ3n) is 5.47. The molecular formula is C17H29NO4. The van der Waals surface area contributed by atoms with Gasteiger partial charge in [0.15, 0.2) is 0 Å². The van der Waals surface area contributed by atoms with Gasteiger partial charge in [0.05, 0.1) is 12.5 Å². The third kappa shape index (κ3) is 4.00. The van der Waals surface area contributed by atoms with Gasteiger partial charge in [-0.3, -0.25) is 9.59 Å². The summed E-state index contributed by atoms with van der Waals surface area (Å²) < 4.78 is 5.35. The Morgan fingerprint density at radius 3 is 2.36 bits per heavy atom. The molecule has 1 aliphatic heterocycles. The molecule has 2 rings (SSSR count). The molecule has 1 saturated heterocycles. The van der Waals surface area contributed by atoms with Gasteiger partial charge in [0.25, 0.3) is 0 Å². The number of carboxylic acid groups (broad SMARTS) is 1. The van der Waals surface area contributed by atoms with Crippen LogP contribution >= 0.6 is 0 Å². The summed E-state index contributed by atoms with van der Waals surface area (Å²) >= 11 is 0. The van der Waals surface area contributed by atoms with Gasteiger partial charge < -0.3 is 14.7 Å². The smallest absolute Gasteiger partial charge is 0.305 e. The molecule has 2 aliphatic rings. The highest BCUT2D eigenvalue weighted by atomic mass is 16.5. The lowest BCUT2D eigenvalue weighted by molar-refractivity contribution is -0.142. The lowest BCUT2D eigenvalue weighted by Gasteiger charge is -2.34. The van der Waals surface area contributed by atoms with Gasteiger partial charge in [0, 0.05) is 25.6 Å². The van der Waals surface area contributed by atoms with E-state index in [0.29, 0.717) is 18.9 Å². The van der Waals surface area contributed by atoms with E-state index in [-0.39, 0.29) is 30.4 Å². The second-order valence-corrected chi connectivity index (χ2v) is 7.19. The van der Waals surface area contributed by atoms with Gasteiger partial charge in [-0.25, -0.2) is 0 Å². The van der Waals surface area contributed by atoms with Gasteiger partial charge >= 0.3 is 5.97 Å². The number of methoxy groups -OCH3 is 1. The van der Waals surface area contributed by atoms with Crippen LogP contribution in [0.25, 0.3) is 0 Å². The average Bonchev–Trinajstić information content (AvgIpc) is 2.88. The normalized spacial score (nSPS) is 32.5. The first-order valence-electron chi connectivity index (χ1n) is 8.47. The van der Waals surface area contributed by atoms with Gasteiger partial charge in [-0.15, -0.1) is 0 Å². The average molecular weight is 311 g/mol. The van der Waals surface area contributed by atoms with Crippen molar-refractivity contribution in [2.45, 2.75) is 64.5 Å². The van der Waals surface area contributed by atoms with Crippen LogP contribution in [-0.4, -0.2) is 47.7 Å². The Balaban J connectivity index is 1.96. The topological polar surface area (TPSA) is 66.8 Å². The molecule has 0 radical (unpaired) electrons. The molecule has 2 atom stereocenters. The van der Waals surface area contributed by atoms with Gasteiger partial charge in [0.2, 0.25) is 5.91 Å². The van der Waals surface area contributed by atoms with Crippen molar-refractivity contribution in [1.29, 1.82) is 0 Å². The molecule has 2 unspecified atom stereocenters. The van der Waals surface area contributed by atoms with Gasteiger partial charge in [0.1, 0.15) is 0 Å². The Morgan fingerprint density at radius 1 is 1.23 bits per heavy atom. The van der Waals surface area contributed by atoms with Crippen LogP contribution in [0.15, 0.2) is 0 Å². The number of carboxylic acids is 1. The largest absolute Gasteiger partial charge is 0.481 e. The lowest BCUT2D eigenvalue weighted by Crippen LogP contribution is -2.42. The molecule has 1 aliphatic carbocycles. The molecule has 1 amide bonds. The molecule has 5 nitrogen and oxygen atoms in total. The van der Waals surface area contributed by atoms with E-state index in [1.165, 1.54) is 0 Å². The second-order valence-electron chi connectivity index (χ2n) is 7.19. The van der Waals surface area contributed by atoms with Crippen LogP contribution in [0.2, 0.25) is 0 Å². The SMILES string of the molecule is COC1CC(CC(=O)O)N(C(=O)C2CCC(C(C)C)CC2)C1. The number of aliphatic carboxylic acids is 1. The number of amides is 1. The van der Waals surface area contributed by atoms with Crippen LogP contribution in [0.1, 0.15) is 52.4 Å². The molecule has 0 aromatic rings. The van der Waals surface area contributed by atoms with Crippen molar-refractivity contribution in [2.75, 3.05) is 13.7 Å². The molecule has 5 heteroatoms. The molecule has 0 aromatic carbocycles. The molecule has 126 valence electrons. The Bertz CT molecular complexity index is 401. The molecule has 1 N–H and O–H groups in total. The predicted octanol–water partition coefficient (Wildman–Crippen LogP) is 2.54. The van der Waals surface area contributed by atoms with E-state index < -0.39 is 5.97 Å². The maximum Gasteiger partial charge on any atom is 0.305 e. The maximum absolute atomic E-state index is 12.8. The first-order chi connectivity index (χ1) is 10.4. The fraction of sp³-hybridized carbons (Fsp3) is 0.882. The predicted molar refractivity (Wildman–Crippen MR) is 83.5 cm³/mol. The number of carbonyl (C=O) groups excluding carboxylic acids is 1. The van der Waals surface area contributed by atoms with Crippen molar-refractivity contribution >= 4 is 11.9 Å². The highest BCUT2D eigenvalue weighted by Crippen LogP contribution is 2.35. The van der Waals surface area contributed by atoms with Crippen molar-refractivity contribution in [2.24, 2.45) is 17.8 Å². The van der Waals surface area contributed by atoms with Crippen LogP contribution in [-0.2, 0) is 14.3 Å². The van der Waals surface area contributed by atoms with Crippen LogP contribution in [0.4, 0.5) is 0 Å². The van der Waals surface area contributed by atoms with Crippen molar-refractivity contribution in [3.05, 3.63) is 0 Å². The molecule has 0 aromatic heterocycles. The molecule has 2 fully saturated rings. The zero-order valence-corrected chi connectivity index (χ0v) is 14.0. The zero-order chi connectivity index (χ0) is 16.3. The summed E-state index contributed by atoms with van der Waals surface area (Å²) in [6.45, 7) is 5.04. The highest BCUT2D eigenvalue weighted by molar-refractivity contribution is 5.80. The summed E-state index contributed by atoms with van der Waals surface area (Å²) in [5.74, 6) is 0.780. The maximum atomic E-state index is 12.8. The quantitative estimate of drug-likeness (QED) is 0.847. The standard InChI is InChI=1S/C17H29NO4/c1-11(2)12-4-6-13(7-5-12)17(21)18-10-15(22-3)8-14(18)9-16(19)20/h11-15H,4-10H2,1-3H3,(H,19,20). The Kier molecular flexibility index (Phi) is 5.84. The van der Waals surface area contributed by atoms with Crippen LogP contribution < -0.4 is 0 Å². The molecule has 0 bridgehead atoms. The molecular weight excluding hydrogens is 282 g/mol. The molecule has 1 heterocycles. The van der Waals surface area contributed by atoms with Crippen LogP contribution in [0.5, 0.6) is 0 Å². The summed E-state index contributed by atoms with van der Waals surface area (Å²) in [4.78, 5) is 25.6. The van der Waals surface area contributed by atoms with E-state index in [4.69, 9.17) is 9.84 Å². The Hall–Kier alpha value is -1.10. The number of likely N-dealkylation sites (tertiary alicyclic amines) is 1. The number of hydrogen-bond acceptors (Lipinski definition) is 3. The number of nitrogens with zero attached hydrogens (tertiary/aromatic N) is 1. The third-order valence-corrected chi connectivity index (χ3v) is 5.47. The Morgan fingerprint density at radius 2 is 1.86 bits per heavy atom. The van der Waals surface area contributed by atoms with Crippen molar-refractivity contribution in [1.82, 2.24) is 4.90 Å². The van der Waals surface area contributed by atoms with Crippen LogP contribution in [0.3, 0.4) is 0 Å². The summed E-state index contributed by atoms with van der Waals surface area (Å²) in [6.07, 6.45) is 4.73. The van der Waals surface area contributed by atoms with E-state index in [2.05, 4.69) is 13.8 Å². The summed E-state index contributed by atoms with van der Waals surface area (Å²) in [5.41, 5.74) is 0. The van der Waals surface area contributed by atoms with Gasteiger partial charge in [-0.1, -0.05) is 13.8 Å². The number of ether oxygens (including phenoxy) is 1. The van der Waals surface area contributed by atoms with Crippen molar-refractivity contribution in [3.8, 4) is 0 Å². The van der Waals surface area contributed by atoms with Crippen molar-refractivity contribution < 1.29 is 19.4 Å². The first kappa shape index (κ1) is 17.3. The summed E-state index contributed by atoms with van der Waals surface area (Å²) in [5, 5.41) is 9.06. The monoisotopic (exact) mass is 311 g/mol. The minimum absolute atomic E-state index is 0.0208. The van der Waals surface area contributed by atoms with E-state index in [0.717, 1.165) is 31.6 Å². The number of hydrogen-bond donors (Lipinski definition) is 1. The number of rotatable bonds is 5. The molecule has 1 saturated carbocycles. The highest BCUT2D eigenvalue weighted by Gasteiger charge is 2.40. The Labute approximate surface area is 133 Å². The molecule has 22 heavy (non-hydrogen) atoms. The number of carbonyl (C=O) groups is 2. The van der Waals surface area contributed by atoms with E-state index in [1.807, 2.05) is 0 Å². The molecule has 0 spiro atoms. The first-order valence-corrected chi connectivity index (χ1v) is 8.47. The van der Waals surface area contributed by atoms with E-state index in [9.17, 15) is 9.59 Å².